The minimum Gasteiger partial charge on any atom is -0.482 e. The molecule has 0 spiro atoms. The molecule has 1 N–H and O–H groups in total. The van der Waals surface area contributed by atoms with Gasteiger partial charge in [-0.3, -0.25) is 9.59 Å². The van der Waals surface area contributed by atoms with E-state index in [9.17, 15) is 9.59 Å². The van der Waals surface area contributed by atoms with Crippen molar-refractivity contribution in [1.82, 2.24) is 10.2 Å². The molecule has 1 atom stereocenters. The predicted molar refractivity (Wildman–Crippen MR) is 141 cm³/mol. The molecule has 0 aliphatic carbocycles. The average Bonchev–Trinajstić information content (AvgIpc) is 2.85. The largest absolute Gasteiger partial charge is 0.482 e. The summed E-state index contributed by atoms with van der Waals surface area (Å²) < 4.78 is 5.74. The summed E-state index contributed by atoms with van der Waals surface area (Å²) in [6.45, 7) is 4.55. The van der Waals surface area contributed by atoms with Crippen molar-refractivity contribution in [3.05, 3.63) is 100 Å². The fourth-order valence-electron chi connectivity index (χ4n) is 3.55. The predicted octanol–water partition coefficient (Wildman–Crippen LogP) is 5.78. The lowest BCUT2D eigenvalue weighted by Crippen LogP contribution is -2.52. The fraction of sp³-hybridized carbons (Fsp3) is 0.286. The van der Waals surface area contributed by atoms with Gasteiger partial charge in [-0.05, 0) is 41.3 Å². The molecule has 0 saturated heterocycles. The van der Waals surface area contributed by atoms with E-state index in [0.717, 1.165) is 11.1 Å². The molecule has 3 aromatic carbocycles. The summed E-state index contributed by atoms with van der Waals surface area (Å²) in [6, 6.07) is 23.2. The summed E-state index contributed by atoms with van der Waals surface area (Å²) in [4.78, 5) is 28.5. The lowest BCUT2D eigenvalue weighted by molar-refractivity contribution is -0.142. The molecule has 0 bridgehead atoms. The second-order valence-electron chi connectivity index (χ2n) is 8.71. The van der Waals surface area contributed by atoms with Crippen LogP contribution in [0, 0.1) is 5.92 Å². The van der Waals surface area contributed by atoms with E-state index in [1.165, 1.54) is 0 Å². The van der Waals surface area contributed by atoms with Gasteiger partial charge < -0.3 is 15.0 Å². The molecule has 0 radical (unpaired) electrons. The van der Waals surface area contributed by atoms with Crippen molar-refractivity contribution < 1.29 is 14.3 Å². The Morgan fingerprint density at radius 3 is 2.20 bits per heavy atom. The van der Waals surface area contributed by atoms with Crippen LogP contribution in [0.2, 0.25) is 10.0 Å². The van der Waals surface area contributed by atoms with Gasteiger partial charge in [-0.25, -0.2) is 0 Å². The Hall–Kier alpha value is -3.02. The van der Waals surface area contributed by atoms with Gasteiger partial charge in [0, 0.05) is 24.5 Å². The zero-order chi connectivity index (χ0) is 25.2. The maximum Gasteiger partial charge on any atom is 0.261 e. The monoisotopic (exact) mass is 512 g/mol. The number of halogens is 2. The summed E-state index contributed by atoms with van der Waals surface area (Å²) in [5.41, 5.74) is 1.81. The van der Waals surface area contributed by atoms with Crippen LogP contribution in [0.15, 0.2) is 78.9 Å². The Labute approximate surface area is 217 Å². The van der Waals surface area contributed by atoms with Gasteiger partial charge in [0.25, 0.3) is 5.91 Å². The van der Waals surface area contributed by atoms with Crippen molar-refractivity contribution in [2.24, 2.45) is 5.92 Å². The minimum absolute atomic E-state index is 0.206. The molecular formula is C28H30Cl2N2O3. The molecule has 0 aliphatic heterocycles. The first-order valence-electron chi connectivity index (χ1n) is 11.6. The van der Waals surface area contributed by atoms with Crippen LogP contribution in [0.3, 0.4) is 0 Å². The number of para-hydroxylation sites is 1. The second-order valence-corrected chi connectivity index (χ2v) is 9.56. The highest BCUT2D eigenvalue weighted by Gasteiger charge is 2.30. The zero-order valence-corrected chi connectivity index (χ0v) is 21.4. The number of carbonyl (C=O) groups is 2. The summed E-state index contributed by atoms with van der Waals surface area (Å²) in [7, 11) is 0. The number of hydrogen-bond acceptors (Lipinski definition) is 3. The van der Waals surface area contributed by atoms with Crippen LogP contribution in [0.5, 0.6) is 5.75 Å². The van der Waals surface area contributed by atoms with Crippen molar-refractivity contribution in [2.45, 2.75) is 32.9 Å². The van der Waals surface area contributed by atoms with Gasteiger partial charge in [0.15, 0.2) is 6.61 Å². The first kappa shape index (κ1) is 26.6. The molecule has 0 saturated carbocycles. The zero-order valence-electron chi connectivity index (χ0n) is 19.9. The molecule has 2 amide bonds. The van der Waals surface area contributed by atoms with Crippen LogP contribution in [-0.4, -0.2) is 35.9 Å². The molecule has 0 aliphatic rings. The third kappa shape index (κ3) is 8.30. The summed E-state index contributed by atoms with van der Waals surface area (Å²) in [5.74, 6) is 0.168. The number of nitrogens with zero attached hydrogens (tertiary/aromatic N) is 1. The van der Waals surface area contributed by atoms with Crippen LogP contribution in [0.25, 0.3) is 0 Å². The average molecular weight is 513 g/mol. The van der Waals surface area contributed by atoms with Gasteiger partial charge in [-0.2, -0.15) is 0 Å². The van der Waals surface area contributed by atoms with E-state index in [4.69, 9.17) is 27.9 Å². The van der Waals surface area contributed by atoms with Gasteiger partial charge in [0.05, 0.1) is 5.02 Å². The number of hydrogen-bond donors (Lipinski definition) is 1. The fourth-order valence-corrected chi connectivity index (χ4v) is 3.86. The molecule has 0 unspecified atom stereocenters. The Morgan fingerprint density at radius 1 is 0.886 bits per heavy atom. The molecule has 3 rings (SSSR count). The topological polar surface area (TPSA) is 58.6 Å². The van der Waals surface area contributed by atoms with Crippen molar-refractivity contribution in [3.63, 3.8) is 0 Å². The van der Waals surface area contributed by atoms with Crippen molar-refractivity contribution in [1.29, 1.82) is 0 Å². The molecule has 3 aromatic rings. The lowest BCUT2D eigenvalue weighted by atomic mass is 10.0. The van der Waals surface area contributed by atoms with E-state index in [1.807, 2.05) is 56.3 Å². The highest BCUT2D eigenvalue weighted by atomic mass is 35.5. The maximum atomic E-state index is 13.5. The van der Waals surface area contributed by atoms with Crippen LogP contribution < -0.4 is 10.1 Å². The molecule has 0 heterocycles. The third-order valence-corrected chi connectivity index (χ3v) is 5.97. The standard InChI is InChI=1S/C28H30Cl2N2O3/c1-20(2)17-31-28(34)25(16-21-8-4-3-5-9-21)32(18-22-12-14-23(29)15-13-22)27(33)19-35-26-11-7-6-10-24(26)30/h3-15,20,25H,16-19H2,1-2H3,(H,31,34)/t25-/m0/s1. The summed E-state index contributed by atoms with van der Waals surface area (Å²) in [5, 5.41) is 4.02. The third-order valence-electron chi connectivity index (χ3n) is 5.41. The van der Waals surface area contributed by atoms with Crippen molar-refractivity contribution in [3.8, 4) is 5.75 Å². The van der Waals surface area contributed by atoms with Crippen LogP contribution in [-0.2, 0) is 22.6 Å². The van der Waals surface area contributed by atoms with Crippen molar-refractivity contribution in [2.75, 3.05) is 13.2 Å². The molecule has 0 fully saturated rings. The SMILES string of the molecule is CC(C)CNC(=O)[C@H](Cc1ccccc1)N(Cc1ccc(Cl)cc1)C(=O)COc1ccccc1Cl. The van der Waals surface area contributed by atoms with E-state index in [0.29, 0.717) is 28.8 Å². The molecule has 0 aromatic heterocycles. The van der Waals surface area contributed by atoms with Crippen LogP contribution in [0.1, 0.15) is 25.0 Å². The van der Waals surface area contributed by atoms with Crippen LogP contribution in [0.4, 0.5) is 0 Å². The lowest BCUT2D eigenvalue weighted by Gasteiger charge is -2.31. The smallest absolute Gasteiger partial charge is 0.261 e. The minimum atomic E-state index is -0.728. The number of carbonyl (C=O) groups excluding carboxylic acids is 2. The number of rotatable bonds is 11. The Bertz CT molecular complexity index is 1100. The highest BCUT2D eigenvalue weighted by Crippen LogP contribution is 2.23. The van der Waals surface area contributed by atoms with Gasteiger partial charge in [-0.1, -0.05) is 91.6 Å². The molecule has 7 heteroatoms. The summed E-state index contributed by atoms with van der Waals surface area (Å²) in [6.07, 6.45) is 0.371. The van der Waals surface area contributed by atoms with Crippen LogP contribution >= 0.6 is 23.2 Å². The molecule has 184 valence electrons. The van der Waals surface area contributed by atoms with Crippen molar-refractivity contribution >= 4 is 35.0 Å². The van der Waals surface area contributed by atoms with E-state index in [1.54, 1.807) is 41.3 Å². The van der Waals surface area contributed by atoms with E-state index in [2.05, 4.69) is 5.32 Å². The van der Waals surface area contributed by atoms with Gasteiger partial charge in [-0.15, -0.1) is 0 Å². The Balaban J connectivity index is 1.90. The molecule has 5 nitrogen and oxygen atoms in total. The van der Waals surface area contributed by atoms with E-state index in [-0.39, 0.29) is 30.9 Å². The normalized spacial score (nSPS) is 11.7. The Morgan fingerprint density at radius 2 is 1.54 bits per heavy atom. The number of benzene rings is 3. The number of amides is 2. The van der Waals surface area contributed by atoms with Gasteiger partial charge in [0.1, 0.15) is 11.8 Å². The molecular weight excluding hydrogens is 483 g/mol. The van der Waals surface area contributed by atoms with Gasteiger partial charge in [0.2, 0.25) is 5.91 Å². The first-order valence-corrected chi connectivity index (χ1v) is 12.3. The number of ether oxygens (including phenoxy) is 1. The second kappa shape index (κ2) is 13.2. The summed E-state index contributed by atoms with van der Waals surface area (Å²) >= 11 is 12.3. The number of nitrogens with one attached hydrogen (secondary N) is 1. The van der Waals surface area contributed by atoms with E-state index >= 15 is 0 Å². The first-order chi connectivity index (χ1) is 16.8. The quantitative estimate of drug-likeness (QED) is 0.354. The highest BCUT2D eigenvalue weighted by molar-refractivity contribution is 6.32. The molecule has 35 heavy (non-hydrogen) atoms. The van der Waals surface area contributed by atoms with Gasteiger partial charge >= 0.3 is 0 Å². The van der Waals surface area contributed by atoms with E-state index < -0.39 is 6.04 Å². The maximum absolute atomic E-state index is 13.5. The Kier molecular flexibility index (Phi) is 10.0.